The van der Waals surface area contributed by atoms with Gasteiger partial charge in [0.2, 0.25) is 0 Å². The first-order chi connectivity index (χ1) is 9.27. The lowest BCUT2D eigenvalue weighted by Crippen LogP contribution is -2.47. The molecule has 2 amide bonds. The van der Waals surface area contributed by atoms with Gasteiger partial charge in [-0.05, 0) is 39.0 Å². The number of likely N-dealkylation sites (tertiary alicyclic amines) is 1. The first-order valence-electron chi connectivity index (χ1n) is 7.27. The number of hydrogen-bond donors (Lipinski definition) is 1. The quantitative estimate of drug-likeness (QED) is 0.829. The molecule has 2 rings (SSSR count). The molecule has 0 radical (unpaired) electrons. The molecule has 0 aliphatic carbocycles. The van der Waals surface area contributed by atoms with Crippen molar-refractivity contribution < 1.29 is 4.79 Å². The average Bonchev–Trinajstić information content (AvgIpc) is 2.92. The van der Waals surface area contributed by atoms with Crippen molar-refractivity contribution in [2.75, 3.05) is 13.1 Å². The van der Waals surface area contributed by atoms with Crippen LogP contribution >= 0.6 is 0 Å². The van der Waals surface area contributed by atoms with E-state index in [4.69, 9.17) is 0 Å². The van der Waals surface area contributed by atoms with E-state index >= 15 is 0 Å². The Labute approximate surface area is 115 Å². The molecule has 5 heteroatoms. The van der Waals surface area contributed by atoms with Crippen molar-refractivity contribution in [3.05, 3.63) is 18.7 Å². The molecule has 5 nitrogen and oxygen atoms in total. The Morgan fingerprint density at radius 1 is 1.42 bits per heavy atom. The van der Waals surface area contributed by atoms with Gasteiger partial charge in [0, 0.05) is 38.1 Å². The highest BCUT2D eigenvalue weighted by Crippen LogP contribution is 2.15. The highest BCUT2D eigenvalue weighted by molar-refractivity contribution is 5.74. The lowest BCUT2D eigenvalue weighted by Gasteiger charge is -2.33. The lowest BCUT2D eigenvalue weighted by molar-refractivity contribution is 0.158. The van der Waals surface area contributed by atoms with Crippen LogP contribution in [-0.4, -0.2) is 39.6 Å². The fraction of sp³-hybridized carbons (Fsp3) is 0.714. The van der Waals surface area contributed by atoms with Crippen LogP contribution in [0.3, 0.4) is 0 Å². The SMILES string of the molecule is CC1CCCCN1C(=O)NCCCCn1ccnc1. The third-order valence-electron chi connectivity index (χ3n) is 3.74. The number of nitrogens with zero attached hydrogens (tertiary/aromatic N) is 3. The summed E-state index contributed by atoms with van der Waals surface area (Å²) in [5, 5.41) is 3.02. The van der Waals surface area contributed by atoms with E-state index in [-0.39, 0.29) is 6.03 Å². The van der Waals surface area contributed by atoms with Crippen LogP contribution in [0.1, 0.15) is 39.0 Å². The Morgan fingerprint density at radius 2 is 2.32 bits per heavy atom. The Hall–Kier alpha value is -1.52. The van der Waals surface area contributed by atoms with Crippen LogP contribution in [0.4, 0.5) is 4.79 Å². The second-order valence-corrected chi connectivity index (χ2v) is 5.28. The van der Waals surface area contributed by atoms with Crippen molar-refractivity contribution >= 4 is 6.03 Å². The Morgan fingerprint density at radius 3 is 3.05 bits per heavy atom. The second-order valence-electron chi connectivity index (χ2n) is 5.28. The lowest BCUT2D eigenvalue weighted by atomic mass is 10.0. The molecule has 1 aromatic rings. The van der Waals surface area contributed by atoms with Crippen molar-refractivity contribution in [1.82, 2.24) is 19.8 Å². The molecular weight excluding hydrogens is 240 g/mol. The van der Waals surface area contributed by atoms with Gasteiger partial charge in [-0.25, -0.2) is 9.78 Å². The Bertz CT molecular complexity index is 377. The van der Waals surface area contributed by atoms with E-state index in [9.17, 15) is 4.79 Å². The minimum absolute atomic E-state index is 0.106. The van der Waals surface area contributed by atoms with Gasteiger partial charge in [0.15, 0.2) is 0 Å². The molecule has 1 fully saturated rings. The molecule has 0 saturated carbocycles. The van der Waals surface area contributed by atoms with Crippen LogP contribution in [-0.2, 0) is 6.54 Å². The predicted octanol–water partition coefficient (Wildman–Crippen LogP) is 2.25. The number of hydrogen-bond acceptors (Lipinski definition) is 2. The Kier molecular flexibility index (Phi) is 5.24. The van der Waals surface area contributed by atoms with Gasteiger partial charge in [0.25, 0.3) is 0 Å². The van der Waals surface area contributed by atoms with Crippen molar-refractivity contribution in [2.24, 2.45) is 0 Å². The van der Waals surface area contributed by atoms with Gasteiger partial charge in [-0.2, -0.15) is 0 Å². The summed E-state index contributed by atoms with van der Waals surface area (Å²) in [5.74, 6) is 0. The summed E-state index contributed by atoms with van der Waals surface area (Å²) in [4.78, 5) is 18.0. The fourth-order valence-corrected chi connectivity index (χ4v) is 2.54. The van der Waals surface area contributed by atoms with Crippen molar-refractivity contribution in [3.8, 4) is 0 Å². The van der Waals surface area contributed by atoms with E-state index < -0.39 is 0 Å². The molecule has 0 spiro atoms. The van der Waals surface area contributed by atoms with Crippen LogP contribution in [0, 0.1) is 0 Å². The summed E-state index contributed by atoms with van der Waals surface area (Å²) < 4.78 is 2.06. The maximum atomic E-state index is 12.0. The van der Waals surface area contributed by atoms with Crippen LogP contribution < -0.4 is 5.32 Å². The number of carbonyl (C=O) groups excluding carboxylic acids is 1. The highest BCUT2D eigenvalue weighted by Gasteiger charge is 2.22. The summed E-state index contributed by atoms with van der Waals surface area (Å²) in [6.07, 6.45) is 11.2. The number of urea groups is 1. The molecule has 19 heavy (non-hydrogen) atoms. The van der Waals surface area contributed by atoms with Crippen molar-refractivity contribution in [3.63, 3.8) is 0 Å². The number of amides is 2. The number of aryl methyl sites for hydroxylation is 1. The summed E-state index contributed by atoms with van der Waals surface area (Å²) in [5.41, 5.74) is 0. The minimum Gasteiger partial charge on any atom is -0.338 e. The third-order valence-corrected chi connectivity index (χ3v) is 3.74. The van der Waals surface area contributed by atoms with Crippen LogP contribution in [0.2, 0.25) is 0 Å². The molecule has 2 heterocycles. The zero-order valence-electron chi connectivity index (χ0n) is 11.7. The van der Waals surface area contributed by atoms with Gasteiger partial charge < -0.3 is 14.8 Å². The summed E-state index contributed by atoms with van der Waals surface area (Å²) in [6.45, 7) is 4.77. The molecular formula is C14H24N4O. The third kappa shape index (κ3) is 4.26. The van der Waals surface area contributed by atoms with E-state index in [1.165, 1.54) is 6.42 Å². The van der Waals surface area contributed by atoms with Gasteiger partial charge in [-0.3, -0.25) is 0 Å². The second kappa shape index (κ2) is 7.16. The molecule has 1 atom stereocenters. The minimum atomic E-state index is 0.106. The normalized spacial score (nSPS) is 19.4. The average molecular weight is 264 g/mol. The molecule has 1 N–H and O–H groups in total. The molecule has 0 aromatic carbocycles. The van der Waals surface area contributed by atoms with Gasteiger partial charge in [0.1, 0.15) is 0 Å². The number of rotatable bonds is 5. The largest absolute Gasteiger partial charge is 0.338 e. The van der Waals surface area contributed by atoms with Crippen LogP contribution in [0.5, 0.6) is 0 Å². The summed E-state index contributed by atoms with van der Waals surface area (Å²) in [7, 11) is 0. The number of aromatic nitrogens is 2. The van der Waals surface area contributed by atoms with Crippen LogP contribution in [0.15, 0.2) is 18.7 Å². The first kappa shape index (κ1) is 13.9. The van der Waals surface area contributed by atoms with E-state index in [0.717, 1.165) is 45.3 Å². The summed E-state index contributed by atoms with van der Waals surface area (Å²) in [6, 6.07) is 0.495. The fourth-order valence-electron chi connectivity index (χ4n) is 2.54. The maximum absolute atomic E-state index is 12.0. The summed E-state index contributed by atoms with van der Waals surface area (Å²) >= 11 is 0. The molecule has 1 unspecified atom stereocenters. The van der Waals surface area contributed by atoms with E-state index in [2.05, 4.69) is 21.8 Å². The van der Waals surface area contributed by atoms with Gasteiger partial charge in [0.05, 0.1) is 6.33 Å². The molecule has 1 aromatic heterocycles. The monoisotopic (exact) mass is 264 g/mol. The number of unbranched alkanes of at least 4 members (excludes halogenated alkanes) is 1. The smallest absolute Gasteiger partial charge is 0.317 e. The topological polar surface area (TPSA) is 50.2 Å². The first-order valence-corrected chi connectivity index (χ1v) is 7.27. The number of carbonyl (C=O) groups is 1. The van der Waals surface area contributed by atoms with E-state index in [1.807, 2.05) is 17.4 Å². The number of imidazole rings is 1. The molecule has 1 aliphatic heterocycles. The number of piperidine rings is 1. The number of nitrogens with one attached hydrogen (secondary N) is 1. The van der Waals surface area contributed by atoms with Gasteiger partial charge in [-0.1, -0.05) is 0 Å². The van der Waals surface area contributed by atoms with E-state index in [1.54, 1.807) is 6.20 Å². The highest BCUT2D eigenvalue weighted by atomic mass is 16.2. The molecule has 106 valence electrons. The Balaban J connectivity index is 1.58. The standard InChI is InChI=1S/C14H24N4O/c1-13-6-2-4-10-18(13)14(19)16-7-3-5-9-17-11-8-15-12-17/h8,11-13H,2-7,9-10H2,1H3,(H,16,19). The van der Waals surface area contributed by atoms with Gasteiger partial charge in [-0.15, -0.1) is 0 Å². The zero-order valence-corrected chi connectivity index (χ0v) is 11.7. The molecule has 1 saturated heterocycles. The van der Waals surface area contributed by atoms with Crippen molar-refractivity contribution in [1.29, 1.82) is 0 Å². The van der Waals surface area contributed by atoms with Gasteiger partial charge >= 0.3 is 6.03 Å². The molecule has 1 aliphatic rings. The van der Waals surface area contributed by atoms with Crippen molar-refractivity contribution in [2.45, 2.75) is 51.6 Å². The maximum Gasteiger partial charge on any atom is 0.317 e. The molecule has 0 bridgehead atoms. The van der Waals surface area contributed by atoms with E-state index in [0.29, 0.717) is 6.04 Å². The predicted molar refractivity (Wildman–Crippen MR) is 74.9 cm³/mol. The van der Waals surface area contributed by atoms with Crippen LogP contribution in [0.25, 0.3) is 0 Å². The zero-order chi connectivity index (χ0) is 13.5.